The molecule has 0 N–H and O–H groups in total. The highest BCUT2D eigenvalue weighted by Crippen LogP contribution is 2.45. The third kappa shape index (κ3) is 5.73. The maximum absolute atomic E-state index is 6.70. The van der Waals surface area contributed by atoms with Gasteiger partial charge < -0.3 is 14.2 Å². The van der Waals surface area contributed by atoms with E-state index in [1.54, 1.807) is 0 Å². The van der Waals surface area contributed by atoms with E-state index in [-0.39, 0.29) is 0 Å². The Morgan fingerprint density at radius 2 is 0.741 bits per heavy atom. The van der Waals surface area contributed by atoms with Crippen LogP contribution < -0.4 is 9.80 Å². The Labute approximate surface area is 315 Å². The van der Waals surface area contributed by atoms with Crippen LogP contribution in [-0.2, 0) is 6.42 Å². The van der Waals surface area contributed by atoms with E-state index in [9.17, 15) is 0 Å². The Kier molecular flexibility index (Phi) is 7.88. The molecule has 1 heterocycles. The van der Waals surface area contributed by atoms with E-state index in [4.69, 9.17) is 4.42 Å². The third-order valence-corrected chi connectivity index (χ3v) is 10.5. The third-order valence-electron chi connectivity index (χ3n) is 10.5. The van der Waals surface area contributed by atoms with Crippen molar-refractivity contribution in [3.63, 3.8) is 0 Å². The second kappa shape index (κ2) is 13.5. The van der Waals surface area contributed by atoms with Gasteiger partial charge in [-0.2, -0.15) is 0 Å². The lowest BCUT2D eigenvalue weighted by molar-refractivity contribution is 0.631. The highest BCUT2D eigenvalue weighted by atomic mass is 16.3. The minimum Gasteiger partial charge on any atom is -0.456 e. The van der Waals surface area contributed by atoms with E-state index in [0.29, 0.717) is 0 Å². The van der Waals surface area contributed by atoms with Crippen molar-refractivity contribution in [3.8, 4) is 33.6 Å². The molecule has 9 aromatic rings. The summed E-state index contributed by atoms with van der Waals surface area (Å²) in [5.41, 5.74) is 16.1. The van der Waals surface area contributed by atoms with E-state index in [1.165, 1.54) is 33.2 Å². The molecule has 256 valence electrons. The molecule has 3 nitrogen and oxygen atoms in total. The number of para-hydroxylation sites is 4. The summed E-state index contributed by atoms with van der Waals surface area (Å²) in [6, 6.07) is 73.2. The lowest BCUT2D eigenvalue weighted by atomic mass is 9.99. The summed E-state index contributed by atoms with van der Waals surface area (Å²) in [6.07, 6.45) is 0.878. The van der Waals surface area contributed by atoms with Gasteiger partial charge in [0.2, 0.25) is 0 Å². The van der Waals surface area contributed by atoms with Crippen molar-refractivity contribution >= 4 is 45.1 Å². The van der Waals surface area contributed by atoms with E-state index in [0.717, 1.165) is 63.0 Å². The predicted molar refractivity (Wildman–Crippen MR) is 225 cm³/mol. The van der Waals surface area contributed by atoms with Crippen LogP contribution in [0.4, 0.5) is 34.1 Å². The van der Waals surface area contributed by atoms with Gasteiger partial charge in [-0.05, 0) is 113 Å². The molecule has 3 heteroatoms. The van der Waals surface area contributed by atoms with Gasteiger partial charge in [0.25, 0.3) is 0 Å². The number of furan rings is 1. The summed E-state index contributed by atoms with van der Waals surface area (Å²) in [4.78, 5) is 4.58. The second-order valence-electron chi connectivity index (χ2n) is 13.8. The van der Waals surface area contributed by atoms with Crippen LogP contribution in [0.1, 0.15) is 11.1 Å². The van der Waals surface area contributed by atoms with Gasteiger partial charge in [-0.25, -0.2) is 0 Å². The van der Waals surface area contributed by atoms with Gasteiger partial charge in [0.1, 0.15) is 11.3 Å². The zero-order chi connectivity index (χ0) is 35.8. The minimum absolute atomic E-state index is 0.878. The Morgan fingerprint density at radius 1 is 0.352 bits per heavy atom. The van der Waals surface area contributed by atoms with Crippen molar-refractivity contribution < 1.29 is 4.42 Å². The molecule has 0 bridgehead atoms. The Bertz CT molecular complexity index is 2620. The van der Waals surface area contributed by atoms with Crippen molar-refractivity contribution in [1.29, 1.82) is 0 Å². The number of nitrogens with zero attached hydrogens (tertiary/aromatic N) is 2. The van der Waals surface area contributed by atoms with E-state index >= 15 is 0 Å². The fourth-order valence-electron chi connectivity index (χ4n) is 7.84. The molecule has 1 aliphatic rings. The molecule has 0 aliphatic heterocycles. The normalized spacial score (nSPS) is 11.6. The van der Waals surface area contributed by atoms with Gasteiger partial charge >= 0.3 is 0 Å². The first-order valence-electron chi connectivity index (χ1n) is 18.5. The van der Waals surface area contributed by atoms with Gasteiger partial charge in [0.05, 0.1) is 0 Å². The van der Waals surface area contributed by atoms with E-state index < -0.39 is 0 Å². The molecule has 10 rings (SSSR count). The standard InChI is InChI=1S/C51H36N2O/c1-5-13-41(14-6-1)52(42-15-7-2-8-16-42)45-28-23-36(24-29-45)38-21-22-40-34-49-47-32-27-39(35-50(47)54-51(49)48(40)33-38)37-25-30-46(31-26-37)53(43-17-9-3-10-18-43)44-19-11-4-12-20-44/h1-33,35H,34H2. The lowest BCUT2D eigenvalue weighted by Gasteiger charge is -2.25. The smallest absolute Gasteiger partial charge is 0.139 e. The van der Waals surface area contributed by atoms with Crippen LogP contribution in [-0.4, -0.2) is 0 Å². The van der Waals surface area contributed by atoms with E-state index in [2.05, 4.69) is 216 Å². The predicted octanol–water partition coefficient (Wildman–Crippen LogP) is 14.3. The Morgan fingerprint density at radius 3 is 1.20 bits per heavy atom. The van der Waals surface area contributed by atoms with Crippen molar-refractivity contribution in [2.24, 2.45) is 0 Å². The second-order valence-corrected chi connectivity index (χ2v) is 13.8. The fourth-order valence-corrected chi connectivity index (χ4v) is 7.84. The number of benzene rings is 8. The molecule has 0 saturated carbocycles. The highest BCUT2D eigenvalue weighted by Gasteiger charge is 2.26. The van der Waals surface area contributed by atoms with Crippen molar-refractivity contribution in [3.05, 3.63) is 217 Å². The SMILES string of the molecule is c1ccc(N(c2ccccc2)c2ccc(-c3ccc4c(c3)-c3oc5cc(-c6ccc(N(c7ccccc7)c7ccccc7)cc6)ccc5c3C4)cc2)cc1. The van der Waals surface area contributed by atoms with Gasteiger partial charge in [-0.15, -0.1) is 0 Å². The van der Waals surface area contributed by atoms with Crippen LogP contribution in [0.3, 0.4) is 0 Å². The maximum atomic E-state index is 6.70. The van der Waals surface area contributed by atoms with Crippen molar-refractivity contribution in [2.45, 2.75) is 6.42 Å². The van der Waals surface area contributed by atoms with Crippen molar-refractivity contribution in [1.82, 2.24) is 0 Å². The lowest BCUT2D eigenvalue weighted by Crippen LogP contribution is -2.09. The largest absolute Gasteiger partial charge is 0.456 e. The summed E-state index contributed by atoms with van der Waals surface area (Å²) in [7, 11) is 0. The van der Waals surface area contributed by atoms with Gasteiger partial charge in [0, 0.05) is 57.1 Å². The first kappa shape index (κ1) is 31.6. The number of rotatable bonds is 8. The maximum Gasteiger partial charge on any atom is 0.139 e. The number of hydrogen-bond acceptors (Lipinski definition) is 3. The summed E-state index contributed by atoms with van der Waals surface area (Å²) in [5, 5.41) is 1.19. The highest BCUT2D eigenvalue weighted by molar-refractivity contribution is 5.95. The summed E-state index contributed by atoms with van der Waals surface area (Å²) < 4.78 is 6.70. The molecular weight excluding hydrogens is 657 g/mol. The average Bonchev–Trinajstić information content (AvgIpc) is 3.79. The van der Waals surface area contributed by atoms with Crippen LogP contribution in [0, 0.1) is 0 Å². The van der Waals surface area contributed by atoms with E-state index in [1.807, 2.05) is 0 Å². The summed E-state index contributed by atoms with van der Waals surface area (Å²) in [5.74, 6) is 0.992. The molecule has 0 radical (unpaired) electrons. The number of anilines is 6. The molecule has 0 amide bonds. The monoisotopic (exact) mass is 692 g/mol. The zero-order valence-electron chi connectivity index (χ0n) is 29.6. The molecule has 0 spiro atoms. The molecule has 0 fully saturated rings. The van der Waals surface area contributed by atoms with Gasteiger partial charge in [-0.1, -0.05) is 121 Å². The van der Waals surface area contributed by atoms with Crippen LogP contribution in [0.25, 0.3) is 44.5 Å². The summed E-state index contributed by atoms with van der Waals surface area (Å²) in [6.45, 7) is 0. The Balaban J connectivity index is 0.939. The molecule has 54 heavy (non-hydrogen) atoms. The van der Waals surface area contributed by atoms with Crippen LogP contribution >= 0.6 is 0 Å². The average molecular weight is 693 g/mol. The molecule has 0 saturated heterocycles. The van der Waals surface area contributed by atoms with Crippen molar-refractivity contribution in [2.75, 3.05) is 9.80 Å². The number of fused-ring (bicyclic) bond motifs is 5. The molecule has 1 aromatic heterocycles. The van der Waals surface area contributed by atoms with Gasteiger partial charge in [-0.3, -0.25) is 0 Å². The molecule has 0 unspecified atom stereocenters. The fraction of sp³-hybridized carbons (Fsp3) is 0.0196. The molecule has 1 aliphatic carbocycles. The van der Waals surface area contributed by atoms with Crippen LogP contribution in [0.5, 0.6) is 0 Å². The van der Waals surface area contributed by atoms with Crippen LogP contribution in [0.15, 0.2) is 211 Å². The molecular formula is C51H36N2O. The summed E-state index contributed by atoms with van der Waals surface area (Å²) >= 11 is 0. The van der Waals surface area contributed by atoms with Crippen LogP contribution in [0.2, 0.25) is 0 Å². The van der Waals surface area contributed by atoms with Gasteiger partial charge in [0.15, 0.2) is 0 Å². The zero-order valence-corrected chi connectivity index (χ0v) is 29.6. The first-order valence-corrected chi connectivity index (χ1v) is 18.5. The first-order chi connectivity index (χ1) is 26.8. The topological polar surface area (TPSA) is 19.6 Å². The quantitative estimate of drug-likeness (QED) is 0.158. The number of hydrogen-bond donors (Lipinski definition) is 0. The Hall–Kier alpha value is -7.10. The molecule has 8 aromatic carbocycles. The minimum atomic E-state index is 0.878. The molecule has 0 atom stereocenters.